The molecule has 2 aliphatic heterocycles. The Morgan fingerprint density at radius 2 is 2.00 bits per heavy atom. The largest absolute Gasteiger partial charge is 0.363 e. The fourth-order valence-corrected chi connectivity index (χ4v) is 3.70. The molecule has 1 saturated heterocycles. The molecule has 2 aromatic rings. The Labute approximate surface area is 141 Å². The van der Waals surface area contributed by atoms with Crippen molar-refractivity contribution in [3.63, 3.8) is 0 Å². The van der Waals surface area contributed by atoms with Crippen LogP contribution in [0.2, 0.25) is 0 Å². The minimum Gasteiger partial charge on any atom is -0.363 e. The van der Waals surface area contributed by atoms with Gasteiger partial charge in [-0.25, -0.2) is 9.97 Å². The molecule has 0 radical (unpaired) electrons. The number of benzene rings is 1. The van der Waals surface area contributed by atoms with Crippen LogP contribution in [-0.2, 0) is 16.0 Å². The molecule has 4 rings (SSSR count). The zero-order valence-corrected chi connectivity index (χ0v) is 13.6. The van der Waals surface area contributed by atoms with Gasteiger partial charge in [-0.3, -0.25) is 4.79 Å². The van der Waals surface area contributed by atoms with Crippen LogP contribution >= 0.6 is 0 Å². The fourth-order valence-electron chi connectivity index (χ4n) is 3.70. The van der Waals surface area contributed by atoms with Gasteiger partial charge in [0.05, 0.1) is 6.61 Å². The van der Waals surface area contributed by atoms with Crippen molar-refractivity contribution in [3.05, 3.63) is 59.7 Å². The van der Waals surface area contributed by atoms with Crippen molar-refractivity contribution in [3.8, 4) is 0 Å². The number of ether oxygens (including phenoxy) is 1. The molecule has 3 heterocycles. The fraction of sp³-hybridized carbons (Fsp3) is 0.421. The Hall–Kier alpha value is -2.27. The van der Waals surface area contributed by atoms with Gasteiger partial charge >= 0.3 is 0 Å². The number of hydrogen-bond acceptors (Lipinski definition) is 4. The molecule has 124 valence electrons. The summed E-state index contributed by atoms with van der Waals surface area (Å²) in [5, 5.41) is 0. The van der Waals surface area contributed by atoms with Crippen molar-refractivity contribution in [2.75, 3.05) is 19.7 Å². The van der Waals surface area contributed by atoms with E-state index < -0.39 is 6.10 Å². The molecule has 0 N–H and O–H groups in total. The van der Waals surface area contributed by atoms with Crippen molar-refractivity contribution < 1.29 is 9.53 Å². The molecular formula is C19H21N3O2. The molecule has 1 atom stereocenters. The van der Waals surface area contributed by atoms with E-state index in [-0.39, 0.29) is 5.91 Å². The van der Waals surface area contributed by atoms with Gasteiger partial charge in [-0.05, 0) is 36.5 Å². The lowest BCUT2D eigenvalue weighted by Gasteiger charge is -2.35. The predicted molar refractivity (Wildman–Crippen MR) is 89.4 cm³/mol. The molecule has 0 saturated carbocycles. The molecule has 1 aromatic carbocycles. The van der Waals surface area contributed by atoms with Crippen LogP contribution in [0.25, 0.3) is 0 Å². The lowest BCUT2D eigenvalue weighted by Crippen LogP contribution is -2.42. The number of likely N-dealkylation sites (tertiary alicyclic amines) is 1. The summed E-state index contributed by atoms with van der Waals surface area (Å²) in [5.41, 5.74) is 3.35. The summed E-state index contributed by atoms with van der Waals surface area (Å²) in [6, 6.07) is 10.1. The quantitative estimate of drug-likeness (QED) is 0.852. The monoisotopic (exact) mass is 323 g/mol. The highest BCUT2D eigenvalue weighted by molar-refractivity contribution is 5.83. The van der Waals surface area contributed by atoms with Gasteiger partial charge in [-0.2, -0.15) is 0 Å². The molecule has 5 nitrogen and oxygen atoms in total. The highest BCUT2D eigenvalue weighted by Gasteiger charge is 2.33. The molecule has 1 aromatic heterocycles. The van der Waals surface area contributed by atoms with Gasteiger partial charge in [0.2, 0.25) is 0 Å². The van der Waals surface area contributed by atoms with Gasteiger partial charge in [0.25, 0.3) is 5.91 Å². The number of aromatic nitrogens is 2. The number of rotatable bonds is 2. The molecule has 1 amide bonds. The van der Waals surface area contributed by atoms with Crippen LogP contribution in [0, 0.1) is 0 Å². The predicted octanol–water partition coefficient (Wildman–Crippen LogP) is 2.50. The number of hydrogen-bond donors (Lipinski definition) is 0. The molecule has 1 fully saturated rings. The van der Waals surface area contributed by atoms with E-state index in [2.05, 4.69) is 16.0 Å². The maximum absolute atomic E-state index is 12.9. The molecule has 5 heteroatoms. The summed E-state index contributed by atoms with van der Waals surface area (Å²) in [6.07, 6.45) is 5.71. The first-order valence-electron chi connectivity index (χ1n) is 8.57. The van der Waals surface area contributed by atoms with Crippen molar-refractivity contribution in [1.29, 1.82) is 0 Å². The smallest absolute Gasteiger partial charge is 0.256 e. The van der Waals surface area contributed by atoms with Crippen LogP contribution in [0.4, 0.5) is 0 Å². The standard InChI is InChI=1S/C19H21N3O2/c23-19(18-16-4-2-1-3-14(16)8-12-24-18)22-10-6-15(7-11-22)17-5-9-20-13-21-17/h1-5,9,13,15,18H,6-8,10-12H2. The first-order valence-corrected chi connectivity index (χ1v) is 8.57. The normalized spacial score (nSPS) is 21.3. The van der Waals surface area contributed by atoms with Gasteiger partial charge in [0, 0.05) is 30.9 Å². The highest BCUT2D eigenvalue weighted by Crippen LogP contribution is 2.32. The van der Waals surface area contributed by atoms with Crippen molar-refractivity contribution in [2.24, 2.45) is 0 Å². The minimum absolute atomic E-state index is 0.100. The van der Waals surface area contributed by atoms with Crippen molar-refractivity contribution in [2.45, 2.75) is 31.3 Å². The van der Waals surface area contributed by atoms with Crippen LogP contribution < -0.4 is 0 Å². The van der Waals surface area contributed by atoms with Gasteiger partial charge in [0.15, 0.2) is 6.10 Å². The maximum atomic E-state index is 12.9. The number of piperidine rings is 1. The van der Waals surface area contributed by atoms with E-state index in [1.54, 1.807) is 12.5 Å². The number of nitrogens with zero attached hydrogens (tertiary/aromatic N) is 3. The molecule has 24 heavy (non-hydrogen) atoms. The lowest BCUT2D eigenvalue weighted by molar-refractivity contribution is -0.146. The SMILES string of the molecule is O=C(C1OCCc2ccccc21)N1CCC(c2ccncn2)CC1. The summed E-state index contributed by atoms with van der Waals surface area (Å²) < 4.78 is 5.82. The number of carbonyl (C=O) groups excluding carboxylic acids is 1. The highest BCUT2D eigenvalue weighted by atomic mass is 16.5. The molecule has 0 aliphatic carbocycles. The summed E-state index contributed by atoms with van der Waals surface area (Å²) in [5.74, 6) is 0.514. The Kier molecular flexibility index (Phi) is 4.26. The van der Waals surface area contributed by atoms with E-state index in [0.29, 0.717) is 12.5 Å². The number of fused-ring (bicyclic) bond motifs is 1. The van der Waals surface area contributed by atoms with Crippen molar-refractivity contribution >= 4 is 5.91 Å². The third-order valence-corrected chi connectivity index (χ3v) is 5.05. The molecule has 2 aliphatic rings. The van der Waals surface area contributed by atoms with Gasteiger partial charge < -0.3 is 9.64 Å². The summed E-state index contributed by atoms with van der Waals surface area (Å²) >= 11 is 0. The van der Waals surface area contributed by atoms with Crippen LogP contribution in [-0.4, -0.2) is 40.5 Å². The zero-order chi connectivity index (χ0) is 16.4. The number of amides is 1. The Balaban J connectivity index is 1.44. The van der Waals surface area contributed by atoms with Gasteiger partial charge in [-0.1, -0.05) is 24.3 Å². The van der Waals surface area contributed by atoms with Crippen LogP contribution in [0.3, 0.4) is 0 Å². The summed E-state index contributed by atoms with van der Waals surface area (Å²) in [7, 11) is 0. The second kappa shape index (κ2) is 6.69. The van der Waals surface area contributed by atoms with Crippen LogP contribution in [0.1, 0.15) is 41.7 Å². The number of carbonyl (C=O) groups is 1. The second-order valence-corrected chi connectivity index (χ2v) is 6.43. The second-order valence-electron chi connectivity index (χ2n) is 6.43. The molecule has 0 bridgehead atoms. The van der Waals surface area contributed by atoms with E-state index in [0.717, 1.165) is 43.6 Å². The minimum atomic E-state index is -0.439. The third-order valence-electron chi connectivity index (χ3n) is 5.05. The first-order chi connectivity index (χ1) is 11.8. The molecule has 1 unspecified atom stereocenters. The summed E-state index contributed by atoms with van der Waals surface area (Å²) in [6.45, 7) is 2.13. The van der Waals surface area contributed by atoms with Crippen LogP contribution in [0.15, 0.2) is 42.9 Å². The third kappa shape index (κ3) is 2.91. The average molecular weight is 323 g/mol. The molecular weight excluding hydrogens is 302 g/mol. The molecule has 0 spiro atoms. The maximum Gasteiger partial charge on any atom is 0.256 e. The van der Waals surface area contributed by atoms with E-state index in [1.165, 1.54) is 5.56 Å². The Bertz CT molecular complexity index is 712. The van der Waals surface area contributed by atoms with Crippen LogP contribution in [0.5, 0.6) is 0 Å². The first kappa shape index (κ1) is 15.3. The zero-order valence-electron chi connectivity index (χ0n) is 13.6. The Morgan fingerprint density at radius 1 is 1.17 bits per heavy atom. The van der Waals surface area contributed by atoms with E-state index in [9.17, 15) is 4.79 Å². The Morgan fingerprint density at radius 3 is 2.79 bits per heavy atom. The van der Waals surface area contributed by atoms with E-state index in [4.69, 9.17) is 4.74 Å². The van der Waals surface area contributed by atoms with Gasteiger partial charge in [0.1, 0.15) is 6.33 Å². The summed E-state index contributed by atoms with van der Waals surface area (Å²) in [4.78, 5) is 23.2. The van der Waals surface area contributed by atoms with Gasteiger partial charge in [-0.15, -0.1) is 0 Å². The average Bonchev–Trinajstić information content (AvgIpc) is 2.68. The lowest BCUT2D eigenvalue weighted by atomic mass is 9.92. The topological polar surface area (TPSA) is 55.3 Å². The van der Waals surface area contributed by atoms with E-state index in [1.807, 2.05) is 29.2 Å². The van der Waals surface area contributed by atoms with E-state index >= 15 is 0 Å². The van der Waals surface area contributed by atoms with Crippen molar-refractivity contribution in [1.82, 2.24) is 14.9 Å².